The molecule has 0 fully saturated rings. The van der Waals surface area contributed by atoms with Crippen molar-refractivity contribution < 1.29 is 13.9 Å². The molecule has 1 atom stereocenters. The van der Waals surface area contributed by atoms with Crippen LogP contribution in [0.5, 0.6) is 5.75 Å². The molecule has 1 aromatic heterocycles. The number of ether oxygens (including phenoxy) is 1. The van der Waals surface area contributed by atoms with Crippen molar-refractivity contribution in [3.63, 3.8) is 0 Å². The highest BCUT2D eigenvalue weighted by molar-refractivity contribution is 5.94. The molecule has 1 N–H and O–H groups in total. The Labute approximate surface area is 132 Å². The summed E-state index contributed by atoms with van der Waals surface area (Å²) in [5.74, 6) is -0.772. The lowest BCUT2D eigenvalue weighted by molar-refractivity contribution is 0.0928. The molecular weight excluding hydrogens is 301 g/mol. The van der Waals surface area contributed by atoms with Crippen molar-refractivity contribution in [1.82, 2.24) is 15.1 Å². The largest absolute Gasteiger partial charge is 0.494 e. The minimum atomic E-state index is -0.478. The SMILES string of the molecule is CCC(C)NC(=O)c1nn(-c2ccc(F)cc2)c(=O)cc1OC. The summed E-state index contributed by atoms with van der Waals surface area (Å²) in [5, 5.41) is 6.85. The first-order chi connectivity index (χ1) is 11.0. The predicted octanol–water partition coefficient (Wildman–Crippen LogP) is 1.91. The first-order valence-electron chi connectivity index (χ1n) is 7.21. The molecule has 0 saturated carbocycles. The van der Waals surface area contributed by atoms with Gasteiger partial charge in [0, 0.05) is 6.04 Å². The van der Waals surface area contributed by atoms with E-state index in [9.17, 15) is 14.0 Å². The van der Waals surface area contributed by atoms with Gasteiger partial charge in [0.05, 0.1) is 18.9 Å². The number of rotatable bonds is 5. The number of amides is 1. The number of carbonyl (C=O) groups is 1. The lowest BCUT2D eigenvalue weighted by atomic mass is 10.2. The second-order valence-electron chi connectivity index (χ2n) is 5.07. The lowest BCUT2D eigenvalue weighted by Gasteiger charge is -2.14. The molecule has 0 aliphatic heterocycles. The summed E-state index contributed by atoms with van der Waals surface area (Å²) in [6.07, 6.45) is 0.756. The Morgan fingerprint density at radius 1 is 1.39 bits per heavy atom. The van der Waals surface area contributed by atoms with Crippen molar-refractivity contribution in [2.24, 2.45) is 0 Å². The smallest absolute Gasteiger partial charge is 0.275 e. The zero-order valence-corrected chi connectivity index (χ0v) is 13.2. The molecule has 0 radical (unpaired) electrons. The molecule has 1 aromatic carbocycles. The van der Waals surface area contributed by atoms with Gasteiger partial charge in [-0.1, -0.05) is 6.92 Å². The third-order valence-electron chi connectivity index (χ3n) is 3.39. The number of carbonyl (C=O) groups excluding carboxylic acids is 1. The average Bonchev–Trinajstić information content (AvgIpc) is 2.55. The minimum absolute atomic E-state index is 0.00303. The monoisotopic (exact) mass is 319 g/mol. The van der Waals surface area contributed by atoms with Crippen molar-refractivity contribution in [1.29, 1.82) is 0 Å². The van der Waals surface area contributed by atoms with Crippen LogP contribution < -0.4 is 15.6 Å². The van der Waals surface area contributed by atoms with Crippen LogP contribution in [-0.4, -0.2) is 28.8 Å². The van der Waals surface area contributed by atoms with E-state index in [0.29, 0.717) is 5.69 Å². The summed E-state index contributed by atoms with van der Waals surface area (Å²) in [6, 6.07) is 6.39. The molecule has 1 amide bonds. The van der Waals surface area contributed by atoms with Crippen molar-refractivity contribution in [2.75, 3.05) is 7.11 Å². The quantitative estimate of drug-likeness (QED) is 0.913. The van der Waals surface area contributed by atoms with E-state index in [2.05, 4.69) is 10.4 Å². The van der Waals surface area contributed by atoms with Gasteiger partial charge in [0.15, 0.2) is 11.4 Å². The number of hydrogen-bond acceptors (Lipinski definition) is 4. The molecule has 6 nitrogen and oxygen atoms in total. The van der Waals surface area contributed by atoms with Crippen LogP contribution in [0, 0.1) is 5.82 Å². The van der Waals surface area contributed by atoms with Gasteiger partial charge in [-0.15, -0.1) is 0 Å². The van der Waals surface area contributed by atoms with E-state index < -0.39 is 17.3 Å². The number of nitrogens with zero attached hydrogens (tertiary/aromatic N) is 2. The number of nitrogens with one attached hydrogen (secondary N) is 1. The van der Waals surface area contributed by atoms with E-state index in [-0.39, 0.29) is 17.5 Å². The molecule has 122 valence electrons. The number of aromatic nitrogens is 2. The Bertz CT molecular complexity index is 756. The van der Waals surface area contributed by atoms with Crippen LogP contribution in [0.1, 0.15) is 30.8 Å². The van der Waals surface area contributed by atoms with E-state index in [0.717, 1.165) is 11.1 Å². The van der Waals surface area contributed by atoms with Crippen LogP contribution in [-0.2, 0) is 0 Å². The number of halogens is 1. The second kappa shape index (κ2) is 7.04. The first-order valence-corrected chi connectivity index (χ1v) is 7.21. The zero-order chi connectivity index (χ0) is 17.0. The molecule has 0 aliphatic rings. The average molecular weight is 319 g/mol. The molecule has 0 saturated heterocycles. The van der Waals surface area contributed by atoms with E-state index in [4.69, 9.17) is 4.74 Å². The van der Waals surface area contributed by atoms with E-state index in [1.54, 1.807) is 0 Å². The maximum atomic E-state index is 13.0. The fourth-order valence-corrected chi connectivity index (χ4v) is 1.91. The van der Waals surface area contributed by atoms with E-state index >= 15 is 0 Å². The van der Waals surface area contributed by atoms with Crippen LogP contribution >= 0.6 is 0 Å². The van der Waals surface area contributed by atoms with Gasteiger partial charge >= 0.3 is 0 Å². The van der Waals surface area contributed by atoms with Crippen molar-refractivity contribution >= 4 is 5.91 Å². The molecule has 2 aromatic rings. The zero-order valence-electron chi connectivity index (χ0n) is 13.2. The van der Waals surface area contributed by atoms with E-state index in [1.165, 1.54) is 37.4 Å². The van der Waals surface area contributed by atoms with Gasteiger partial charge in [0.2, 0.25) is 0 Å². The highest BCUT2D eigenvalue weighted by Crippen LogP contribution is 2.15. The van der Waals surface area contributed by atoms with Crippen molar-refractivity contribution in [3.05, 3.63) is 52.2 Å². The molecule has 2 rings (SSSR count). The highest BCUT2D eigenvalue weighted by atomic mass is 19.1. The first kappa shape index (κ1) is 16.7. The van der Waals surface area contributed by atoms with Gasteiger partial charge in [0.25, 0.3) is 11.5 Å². The maximum absolute atomic E-state index is 13.0. The van der Waals surface area contributed by atoms with Crippen molar-refractivity contribution in [2.45, 2.75) is 26.3 Å². The third kappa shape index (κ3) is 3.74. The highest BCUT2D eigenvalue weighted by Gasteiger charge is 2.19. The summed E-state index contributed by atoms with van der Waals surface area (Å²) in [7, 11) is 1.36. The summed E-state index contributed by atoms with van der Waals surface area (Å²) < 4.78 is 19.1. The molecule has 1 heterocycles. The van der Waals surface area contributed by atoms with Crippen LogP contribution in [0.15, 0.2) is 35.1 Å². The fourth-order valence-electron chi connectivity index (χ4n) is 1.91. The van der Waals surface area contributed by atoms with Gasteiger partial charge in [-0.25, -0.2) is 4.39 Å². The summed E-state index contributed by atoms with van der Waals surface area (Å²) >= 11 is 0. The van der Waals surface area contributed by atoms with Crippen LogP contribution in [0.3, 0.4) is 0 Å². The molecular formula is C16H18FN3O3. The molecule has 1 unspecified atom stereocenters. The number of hydrogen-bond donors (Lipinski definition) is 1. The van der Waals surface area contributed by atoms with Gasteiger partial charge < -0.3 is 10.1 Å². The maximum Gasteiger partial charge on any atom is 0.275 e. The fraction of sp³-hybridized carbons (Fsp3) is 0.312. The van der Waals surface area contributed by atoms with E-state index in [1.807, 2.05) is 13.8 Å². The Morgan fingerprint density at radius 2 is 2.04 bits per heavy atom. The Hall–Kier alpha value is -2.70. The molecule has 0 spiro atoms. The van der Waals surface area contributed by atoms with Crippen LogP contribution in [0.2, 0.25) is 0 Å². The molecule has 0 bridgehead atoms. The third-order valence-corrected chi connectivity index (χ3v) is 3.39. The predicted molar refractivity (Wildman–Crippen MR) is 83.6 cm³/mol. The summed E-state index contributed by atoms with van der Waals surface area (Å²) in [5.41, 5.74) is -0.123. The molecule has 0 aliphatic carbocycles. The Morgan fingerprint density at radius 3 is 2.61 bits per heavy atom. The van der Waals surface area contributed by atoms with Crippen molar-refractivity contribution in [3.8, 4) is 11.4 Å². The summed E-state index contributed by atoms with van der Waals surface area (Å²) in [4.78, 5) is 24.4. The minimum Gasteiger partial charge on any atom is -0.494 e. The lowest BCUT2D eigenvalue weighted by Crippen LogP contribution is -2.34. The number of benzene rings is 1. The van der Waals surface area contributed by atoms with Gasteiger partial charge in [-0.3, -0.25) is 9.59 Å². The molecule has 23 heavy (non-hydrogen) atoms. The van der Waals surface area contributed by atoms with Gasteiger partial charge in [-0.05, 0) is 37.6 Å². The normalized spacial score (nSPS) is 11.8. The summed E-state index contributed by atoms with van der Waals surface area (Å²) in [6.45, 7) is 3.80. The number of methoxy groups -OCH3 is 1. The van der Waals surface area contributed by atoms with Gasteiger partial charge in [0.1, 0.15) is 5.82 Å². The Kier molecular flexibility index (Phi) is 5.10. The second-order valence-corrected chi connectivity index (χ2v) is 5.07. The Balaban J connectivity index is 2.49. The van der Waals surface area contributed by atoms with Crippen LogP contribution in [0.25, 0.3) is 5.69 Å². The standard InChI is InChI=1S/C16H18FN3O3/c1-4-10(2)18-16(22)15-13(23-3)9-14(21)20(19-15)12-7-5-11(17)6-8-12/h5-10H,4H2,1-3H3,(H,18,22). The van der Waals surface area contributed by atoms with Gasteiger partial charge in [-0.2, -0.15) is 9.78 Å². The van der Waals surface area contributed by atoms with Crippen LogP contribution in [0.4, 0.5) is 4.39 Å². The topological polar surface area (TPSA) is 73.2 Å². The molecule has 7 heteroatoms.